The Kier molecular flexibility index (Phi) is 10.4. The van der Waals surface area contributed by atoms with Gasteiger partial charge in [0.05, 0.1) is 39.6 Å². The fourth-order valence-electron chi connectivity index (χ4n) is 1.91. The third-order valence-electron chi connectivity index (χ3n) is 2.98. The summed E-state index contributed by atoms with van der Waals surface area (Å²) in [7, 11) is -3.20. The van der Waals surface area contributed by atoms with Crippen LogP contribution in [0.4, 0.5) is 0 Å². The molecule has 0 bridgehead atoms. The van der Waals surface area contributed by atoms with Gasteiger partial charge in [0.15, 0.2) is 0 Å². The molecule has 0 saturated carbocycles. The summed E-state index contributed by atoms with van der Waals surface area (Å²) in [4.78, 5) is 0. The minimum Gasteiger partial charge on any atom is -0.396 e. The summed E-state index contributed by atoms with van der Waals surface area (Å²) in [6, 6.07) is 9.80. The van der Waals surface area contributed by atoms with E-state index in [1.165, 1.54) is 0 Å². The van der Waals surface area contributed by atoms with Crippen LogP contribution >= 0.6 is 7.60 Å². The Bertz CT molecular complexity index is 443. The van der Waals surface area contributed by atoms with Gasteiger partial charge in [0, 0.05) is 5.92 Å². The number of benzene rings is 1. The molecule has 1 aromatic carbocycles. The van der Waals surface area contributed by atoms with E-state index < -0.39 is 7.60 Å². The lowest BCUT2D eigenvalue weighted by atomic mass is 10.2. The molecule has 0 spiro atoms. The second kappa shape index (κ2) is 11.7. The predicted octanol–water partition coefficient (Wildman–Crippen LogP) is 3.05. The summed E-state index contributed by atoms with van der Waals surface area (Å²) in [5.41, 5.74) is 1.07. The van der Waals surface area contributed by atoms with Gasteiger partial charge in [-0.1, -0.05) is 30.3 Å². The molecular weight excluding hydrogens is 319 g/mol. The molecule has 0 amide bonds. The normalized spacial score (nSPS) is 13.2. The molecular formula is C16H27O6P. The van der Waals surface area contributed by atoms with Crippen molar-refractivity contribution >= 4 is 7.60 Å². The number of aliphatic hydroxyl groups is 1. The summed E-state index contributed by atoms with van der Waals surface area (Å²) >= 11 is 0. The molecule has 0 saturated heterocycles. The first-order chi connectivity index (χ1) is 11.1. The Labute approximate surface area is 138 Å². The predicted molar refractivity (Wildman–Crippen MR) is 88.4 cm³/mol. The van der Waals surface area contributed by atoms with Gasteiger partial charge in [-0.05, 0) is 19.4 Å². The number of aliphatic hydroxyl groups excluding tert-OH is 1. The molecule has 1 aromatic rings. The maximum Gasteiger partial charge on any atom is 0.356 e. The molecule has 1 rings (SSSR count). The maximum absolute atomic E-state index is 12.2. The van der Waals surface area contributed by atoms with Crippen molar-refractivity contribution in [2.45, 2.75) is 20.5 Å². The van der Waals surface area contributed by atoms with E-state index in [9.17, 15) is 9.67 Å². The van der Waals surface area contributed by atoms with Crippen molar-refractivity contribution < 1.29 is 28.2 Å². The number of hydrogen-bond acceptors (Lipinski definition) is 6. The molecule has 7 heteroatoms. The molecule has 0 aliphatic heterocycles. The molecule has 0 heterocycles. The van der Waals surface area contributed by atoms with E-state index >= 15 is 0 Å². The molecule has 1 N–H and O–H groups in total. The monoisotopic (exact) mass is 346 g/mol. The van der Waals surface area contributed by atoms with Gasteiger partial charge < -0.3 is 23.6 Å². The van der Waals surface area contributed by atoms with Gasteiger partial charge in [-0.25, -0.2) is 0 Å². The molecule has 132 valence electrons. The first-order valence-electron chi connectivity index (χ1n) is 7.82. The zero-order valence-electron chi connectivity index (χ0n) is 13.8. The maximum atomic E-state index is 12.2. The SMILES string of the molecule is CCOP(=O)(COCC(CO)COCc1ccccc1)OCC. The zero-order valence-corrected chi connectivity index (χ0v) is 14.7. The second-order valence-corrected chi connectivity index (χ2v) is 6.99. The quantitative estimate of drug-likeness (QED) is 0.553. The second-order valence-electron chi connectivity index (χ2n) is 5.00. The van der Waals surface area contributed by atoms with Crippen molar-refractivity contribution in [2.24, 2.45) is 5.92 Å². The van der Waals surface area contributed by atoms with E-state index in [0.29, 0.717) is 26.4 Å². The Morgan fingerprint density at radius 1 is 1.04 bits per heavy atom. The molecule has 6 nitrogen and oxygen atoms in total. The van der Waals surface area contributed by atoms with Crippen molar-refractivity contribution in [1.29, 1.82) is 0 Å². The Morgan fingerprint density at radius 3 is 2.22 bits per heavy atom. The van der Waals surface area contributed by atoms with E-state index in [1.54, 1.807) is 13.8 Å². The van der Waals surface area contributed by atoms with Crippen LogP contribution in [0.1, 0.15) is 19.4 Å². The lowest BCUT2D eigenvalue weighted by Gasteiger charge is -2.19. The summed E-state index contributed by atoms with van der Waals surface area (Å²) < 4.78 is 33.5. The molecule has 0 radical (unpaired) electrons. The van der Waals surface area contributed by atoms with E-state index in [4.69, 9.17) is 18.5 Å². The highest BCUT2D eigenvalue weighted by Gasteiger charge is 2.24. The van der Waals surface area contributed by atoms with E-state index in [0.717, 1.165) is 5.56 Å². The van der Waals surface area contributed by atoms with Gasteiger partial charge in [0.1, 0.15) is 6.35 Å². The van der Waals surface area contributed by atoms with Crippen LogP contribution in [0.3, 0.4) is 0 Å². The summed E-state index contributed by atoms with van der Waals surface area (Å²) in [6.45, 7) is 5.10. The largest absolute Gasteiger partial charge is 0.396 e. The van der Waals surface area contributed by atoms with E-state index in [2.05, 4.69) is 0 Å². The number of rotatable bonds is 13. The molecule has 0 aliphatic carbocycles. The molecule has 0 aliphatic rings. The summed E-state index contributed by atoms with van der Waals surface area (Å²) in [5, 5.41) is 9.37. The molecule has 0 aromatic heterocycles. The van der Waals surface area contributed by atoms with Gasteiger partial charge in [-0.15, -0.1) is 0 Å². The van der Waals surface area contributed by atoms with Gasteiger partial charge in [0.2, 0.25) is 0 Å². The highest BCUT2D eigenvalue weighted by molar-refractivity contribution is 7.53. The zero-order chi connectivity index (χ0) is 17.0. The third kappa shape index (κ3) is 8.61. The fraction of sp³-hybridized carbons (Fsp3) is 0.625. The van der Waals surface area contributed by atoms with Gasteiger partial charge in [0.25, 0.3) is 0 Å². The van der Waals surface area contributed by atoms with Crippen molar-refractivity contribution in [3.63, 3.8) is 0 Å². The Morgan fingerprint density at radius 2 is 1.65 bits per heavy atom. The molecule has 1 atom stereocenters. The summed E-state index contributed by atoms with van der Waals surface area (Å²) in [5.74, 6) is -0.185. The number of hydrogen-bond donors (Lipinski definition) is 1. The van der Waals surface area contributed by atoms with Gasteiger partial charge in [-0.2, -0.15) is 0 Å². The van der Waals surface area contributed by atoms with Crippen molar-refractivity contribution in [3.05, 3.63) is 35.9 Å². The lowest BCUT2D eigenvalue weighted by Crippen LogP contribution is -2.20. The highest BCUT2D eigenvalue weighted by Crippen LogP contribution is 2.47. The fourth-order valence-corrected chi connectivity index (χ4v) is 3.25. The summed E-state index contributed by atoms with van der Waals surface area (Å²) in [6.07, 6.45) is -0.121. The van der Waals surface area contributed by atoms with Crippen molar-refractivity contribution in [1.82, 2.24) is 0 Å². The average Bonchev–Trinajstić information content (AvgIpc) is 2.55. The van der Waals surface area contributed by atoms with Crippen LogP contribution in [0, 0.1) is 5.92 Å². The van der Waals surface area contributed by atoms with E-state index in [1.807, 2.05) is 30.3 Å². The smallest absolute Gasteiger partial charge is 0.356 e. The third-order valence-corrected chi connectivity index (χ3v) is 4.78. The number of ether oxygens (including phenoxy) is 2. The molecule has 1 unspecified atom stereocenters. The first-order valence-corrected chi connectivity index (χ1v) is 9.54. The van der Waals surface area contributed by atoms with Crippen molar-refractivity contribution in [3.8, 4) is 0 Å². The van der Waals surface area contributed by atoms with Crippen LogP contribution < -0.4 is 0 Å². The first kappa shape index (κ1) is 20.3. The van der Waals surface area contributed by atoms with Gasteiger partial charge in [-0.3, -0.25) is 4.57 Å². The van der Waals surface area contributed by atoms with Crippen LogP contribution in [0.5, 0.6) is 0 Å². The average molecular weight is 346 g/mol. The molecule has 23 heavy (non-hydrogen) atoms. The van der Waals surface area contributed by atoms with Crippen LogP contribution in [-0.4, -0.2) is 44.5 Å². The minimum atomic E-state index is -3.20. The van der Waals surface area contributed by atoms with Crippen molar-refractivity contribution in [2.75, 3.05) is 39.4 Å². The van der Waals surface area contributed by atoms with Crippen LogP contribution in [-0.2, 0) is 29.7 Å². The van der Waals surface area contributed by atoms with Crippen LogP contribution in [0.25, 0.3) is 0 Å². The van der Waals surface area contributed by atoms with E-state index in [-0.39, 0.29) is 25.5 Å². The van der Waals surface area contributed by atoms with Crippen LogP contribution in [0.2, 0.25) is 0 Å². The molecule has 0 fully saturated rings. The topological polar surface area (TPSA) is 74.2 Å². The Balaban J connectivity index is 2.28. The lowest BCUT2D eigenvalue weighted by molar-refractivity contribution is 0.0162. The highest BCUT2D eigenvalue weighted by atomic mass is 31.2. The van der Waals surface area contributed by atoms with Crippen LogP contribution in [0.15, 0.2) is 30.3 Å². The minimum absolute atomic E-state index is 0.0671. The van der Waals surface area contributed by atoms with Gasteiger partial charge >= 0.3 is 7.60 Å². The standard InChI is InChI=1S/C16H27O6P/c1-3-21-23(18,22-4-2)14-20-13-16(10-17)12-19-11-15-8-6-5-7-9-15/h5-9,16-17H,3-4,10-14H2,1-2H3. The Hall–Kier alpha value is -0.750.